The number of rotatable bonds is 3. The van der Waals surface area contributed by atoms with Gasteiger partial charge in [-0.3, -0.25) is 24.6 Å². The number of aryl methyl sites for hydroxylation is 1. The van der Waals surface area contributed by atoms with Crippen molar-refractivity contribution in [2.24, 2.45) is 7.05 Å². The maximum absolute atomic E-state index is 12.4. The number of hydrogen-bond acceptors (Lipinski definition) is 3. The zero-order chi connectivity index (χ0) is 18.0. The fraction of sp³-hybridized carbons (Fsp3) is 0.111. The van der Waals surface area contributed by atoms with E-state index in [0.717, 1.165) is 10.9 Å². The van der Waals surface area contributed by atoms with Gasteiger partial charge in [0.2, 0.25) is 0 Å². The smallest absolute Gasteiger partial charge is 0.271 e. The summed E-state index contributed by atoms with van der Waals surface area (Å²) in [6.45, 7) is 0. The van der Waals surface area contributed by atoms with Crippen LogP contribution in [0.5, 0.6) is 0 Å². The SMILES string of the molecule is Cn1cc(C(=O)NNC(=O)c2ccc(S(C)=O)cc2)c2ccccc21. The van der Waals surface area contributed by atoms with Gasteiger partial charge >= 0.3 is 0 Å². The number of benzene rings is 2. The van der Waals surface area contributed by atoms with E-state index in [1.165, 1.54) is 0 Å². The fourth-order valence-corrected chi connectivity index (χ4v) is 3.09. The predicted octanol–water partition coefficient (Wildman–Crippen LogP) is 1.99. The zero-order valence-electron chi connectivity index (χ0n) is 13.8. The lowest BCUT2D eigenvalue weighted by atomic mass is 10.2. The molecule has 0 aliphatic rings. The van der Waals surface area contributed by atoms with Crippen LogP contribution in [0.3, 0.4) is 0 Å². The summed E-state index contributed by atoms with van der Waals surface area (Å²) < 4.78 is 13.2. The summed E-state index contributed by atoms with van der Waals surface area (Å²) >= 11 is 0. The largest absolute Gasteiger partial charge is 0.350 e. The molecule has 1 aromatic heterocycles. The summed E-state index contributed by atoms with van der Waals surface area (Å²) in [6.07, 6.45) is 3.29. The number of carbonyl (C=O) groups is 2. The van der Waals surface area contributed by atoms with Crippen LogP contribution >= 0.6 is 0 Å². The van der Waals surface area contributed by atoms with Crippen molar-refractivity contribution in [3.8, 4) is 0 Å². The van der Waals surface area contributed by atoms with Crippen LogP contribution in [0.15, 0.2) is 59.6 Å². The zero-order valence-corrected chi connectivity index (χ0v) is 14.6. The molecule has 0 saturated heterocycles. The number of fused-ring (bicyclic) bond motifs is 1. The molecule has 3 rings (SSSR count). The van der Waals surface area contributed by atoms with E-state index in [-0.39, 0.29) is 0 Å². The molecular weight excluding hydrogens is 338 g/mol. The highest BCUT2D eigenvalue weighted by molar-refractivity contribution is 7.84. The Morgan fingerprint density at radius 1 is 0.960 bits per heavy atom. The number of nitrogens with zero attached hydrogens (tertiary/aromatic N) is 1. The first kappa shape index (κ1) is 16.9. The van der Waals surface area contributed by atoms with Crippen LogP contribution in [0, 0.1) is 0 Å². The first-order chi connectivity index (χ1) is 12.0. The van der Waals surface area contributed by atoms with Crippen LogP contribution in [0.2, 0.25) is 0 Å². The molecule has 128 valence electrons. The number of hydrogen-bond donors (Lipinski definition) is 2. The van der Waals surface area contributed by atoms with Crippen molar-refractivity contribution in [3.63, 3.8) is 0 Å². The summed E-state index contributed by atoms with van der Waals surface area (Å²) in [7, 11) is 0.757. The number of carbonyl (C=O) groups excluding carboxylic acids is 2. The van der Waals surface area contributed by atoms with Crippen molar-refractivity contribution < 1.29 is 13.8 Å². The summed E-state index contributed by atoms with van der Waals surface area (Å²) in [4.78, 5) is 25.1. The summed E-state index contributed by atoms with van der Waals surface area (Å²) in [5, 5.41) is 0.812. The second-order valence-corrected chi connectivity index (χ2v) is 6.94. The van der Waals surface area contributed by atoms with Gasteiger partial charge in [0.05, 0.1) is 5.56 Å². The van der Waals surface area contributed by atoms with Crippen molar-refractivity contribution >= 4 is 33.5 Å². The molecule has 3 aromatic rings. The Hall–Kier alpha value is -2.93. The molecule has 0 aliphatic heterocycles. The number of amides is 2. The molecule has 0 saturated carbocycles. The third-order valence-corrected chi connectivity index (χ3v) is 4.82. The van der Waals surface area contributed by atoms with Gasteiger partial charge in [-0.15, -0.1) is 0 Å². The van der Waals surface area contributed by atoms with E-state index < -0.39 is 22.6 Å². The van der Waals surface area contributed by atoms with Crippen molar-refractivity contribution in [1.29, 1.82) is 0 Å². The van der Waals surface area contributed by atoms with Crippen molar-refractivity contribution in [3.05, 3.63) is 65.9 Å². The Kier molecular flexibility index (Phi) is 4.67. The van der Waals surface area contributed by atoms with Crippen molar-refractivity contribution in [2.75, 3.05) is 6.26 Å². The van der Waals surface area contributed by atoms with Crippen molar-refractivity contribution in [1.82, 2.24) is 15.4 Å². The Bertz CT molecular complexity index is 977. The first-order valence-corrected chi connectivity index (χ1v) is 9.11. The van der Waals surface area contributed by atoms with E-state index >= 15 is 0 Å². The highest BCUT2D eigenvalue weighted by Gasteiger charge is 2.14. The lowest BCUT2D eigenvalue weighted by Crippen LogP contribution is -2.41. The minimum atomic E-state index is -1.10. The summed E-state index contributed by atoms with van der Waals surface area (Å²) in [5.41, 5.74) is 6.61. The van der Waals surface area contributed by atoms with E-state index in [2.05, 4.69) is 10.9 Å². The monoisotopic (exact) mass is 355 g/mol. The molecule has 6 nitrogen and oxygen atoms in total. The van der Waals surface area contributed by atoms with Crippen LogP contribution < -0.4 is 10.9 Å². The van der Waals surface area contributed by atoms with Gasteiger partial charge in [0.25, 0.3) is 11.8 Å². The molecule has 0 radical (unpaired) electrons. The van der Waals surface area contributed by atoms with E-state index in [1.54, 1.807) is 36.7 Å². The number of hydrazine groups is 1. The minimum absolute atomic E-state index is 0.368. The van der Waals surface area contributed by atoms with E-state index in [4.69, 9.17) is 0 Å². The number of nitrogens with one attached hydrogen (secondary N) is 2. The van der Waals surface area contributed by atoms with Crippen LogP contribution in [-0.4, -0.2) is 26.8 Å². The van der Waals surface area contributed by atoms with E-state index in [0.29, 0.717) is 16.0 Å². The third kappa shape index (κ3) is 3.46. The van der Waals surface area contributed by atoms with Crippen LogP contribution in [0.1, 0.15) is 20.7 Å². The average molecular weight is 355 g/mol. The topological polar surface area (TPSA) is 80.2 Å². The Balaban J connectivity index is 1.71. The molecule has 0 bridgehead atoms. The standard InChI is InChI=1S/C18H17N3O3S/c1-21-11-15(14-5-3-4-6-16(14)21)18(23)20-19-17(22)12-7-9-13(10-8-12)25(2)24/h3-11H,1-2H3,(H,19,22)(H,20,23). The molecule has 0 spiro atoms. The lowest BCUT2D eigenvalue weighted by Gasteiger charge is -2.07. The van der Waals surface area contributed by atoms with E-state index in [1.807, 2.05) is 35.9 Å². The van der Waals surface area contributed by atoms with E-state index in [9.17, 15) is 13.8 Å². The normalized spacial score (nSPS) is 11.9. The first-order valence-electron chi connectivity index (χ1n) is 7.55. The second-order valence-electron chi connectivity index (χ2n) is 5.56. The van der Waals surface area contributed by atoms with Crippen LogP contribution in [0.4, 0.5) is 0 Å². The molecule has 2 N–H and O–H groups in total. The summed E-state index contributed by atoms with van der Waals surface area (Å²) in [5.74, 6) is -0.835. The van der Waals surface area contributed by atoms with Gasteiger partial charge in [-0.25, -0.2) is 0 Å². The van der Waals surface area contributed by atoms with Crippen LogP contribution in [0.25, 0.3) is 10.9 Å². The molecular formula is C18H17N3O3S. The van der Waals surface area contributed by atoms with Gasteiger partial charge < -0.3 is 4.57 Å². The molecule has 2 amide bonds. The van der Waals surface area contributed by atoms with Gasteiger partial charge in [-0.1, -0.05) is 18.2 Å². The molecule has 2 aromatic carbocycles. The van der Waals surface area contributed by atoms with Gasteiger partial charge in [0, 0.05) is 51.7 Å². The van der Waals surface area contributed by atoms with Gasteiger partial charge in [0.1, 0.15) is 0 Å². The lowest BCUT2D eigenvalue weighted by molar-refractivity contribution is 0.0847. The molecule has 1 atom stereocenters. The maximum atomic E-state index is 12.4. The predicted molar refractivity (Wildman–Crippen MR) is 96.6 cm³/mol. The molecule has 0 aliphatic carbocycles. The Labute approximate surface area is 147 Å². The fourth-order valence-electron chi connectivity index (χ4n) is 2.57. The Morgan fingerprint density at radius 3 is 2.28 bits per heavy atom. The quantitative estimate of drug-likeness (QED) is 0.705. The van der Waals surface area contributed by atoms with Gasteiger partial charge in [0.15, 0.2) is 0 Å². The molecule has 1 heterocycles. The molecule has 7 heteroatoms. The second kappa shape index (κ2) is 6.90. The molecule has 1 unspecified atom stereocenters. The van der Waals surface area contributed by atoms with Crippen molar-refractivity contribution in [2.45, 2.75) is 4.90 Å². The molecule has 25 heavy (non-hydrogen) atoms. The minimum Gasteiger partial charge on any atom is -0.350 e. The maximum Gasteiger partial charge on any atom is 0.271 e. The highest BCUT2D eigenvalue weighted by atomic mass is 32.2. The van der Waals surface area contributed by atoms with Crippen LogP contribution in [-0.2, 0) is 17.8 Å². The molecule has 0 fully saturated rings. The van der Waals surface area contributed by atoms with Gasteiger partial charge in [-0.2, -0.15) is 0 Å². The third-order valence-electron chi connectivity index (χ3n) is 3.88. The Morgan fingerprint density at radius 2 is 1.60 bits per heavy atom. The van der Waals surface area contributed by atoms with Gasteiger partial charge in [-0.05, 0) is 30.3 Å². The number of para-hydroxylation sites is 1. The average Bonchev–Trinajstić information content (AvgIpc) is 2.97. The number of aromatic nitrogens is 1. The summed E-state index contributed by atoms with van der Waals surface area (Å²) in [6, 6.07) is 13.9. The highest BCUT2D eigenvalue weighted by Crippen LogP contribution is 2.19.